The number of benzene rings is 2. The molecule has 2 aromatic rings. The fraction of sp³-hybridized carbons (Fsp3) is 0.552. The van der Waals surface area contributed by atoms with Gasteiger partial charge in [-0.05, 0) is 32.0 Å². The molecule has 4 aliphatic rings. The number of Topliss-reactive ketones (excluding diaryl/α,β-unsaturated/α-hetero) is 1. The predicted molar refractivity (Wildman–Crippen MR) is 141 cm³/mol. The Labute approximate surface area is 241 Å². The third kappa shape index (κ3) is 4.22. The topological polar surface area (TPSA) is 183 Å². The van der Waals surface area contributed by atoms with Crippen LogP contribution in [-0.2, 0) is 21.5 Å². The number of aliphatic hydroxyl groups excluding tert-OH is 4. The van der Waals surface area contributed by atoms with Crippen molar-refractivity contribution in [2.45, 2.75) is 74.4 Å². The number of fused-ring (bicyclic) bond motifs is 6. The Morgan fingerprint density at radius 3 is 2.40 bits per heavy atom. The van der Waals surface area contributed by atoms with Gasteiger partial charge in [-0.1, -0.05) is 0 Å². The summed E-state index contributed by atoms with van der Waals surface area (Å²) in [6.07, 6.45) is -8.64. The molecule has 6 rings (SSSR count). The van der Waals surface area contributed by atoms with Crippen LogP contribution < -0.4 is 23.7 Å². The van der Waals surface area contributed by atoms with E-state index in [9.17, 15) is 30.3 Å². The molecule has 228 valence electrons. The zero-order chi connectivity index (χ0) is 30.1. The Morgan fingerprint density at radius 2 is 1.71 bits per heavy atom. The molecule has 0 amide bonds. The molecule has 0 saturated carbocycles. The van der Waals surface area contributed by atoms with E-state index < -0.39 is 66.5 Å². The van der Waals surface area contributed by atoms with Gasteiger partial charge in [0.15, 0.2) is 29.5 Å². The third-order valence-electron chi connectivity index (χ3n) is 8.52. The molecule has 4 heterocycles. The molecule has 1 fully saturated rings. The average Bonchev–Trinajstić information content (AvgIpc) is 3.44. The number of hydrogen-bond donors (Lipinski definition) is 5. The van der Waals surface area contributed by atoms with Crippen LogP contribution in [0.5, 0.6) is 28.7 Å². The van der Waals surface area contributed by atoms with Crippen LogP contribution in [0, 0.1) is 0 Å². The van der Waals surface area contributed by atoms with Gasteiger partial charge in [0.2, 0.25) is 5.78 Å². The second-order valence-corrected chi connectivity index (χ2v) is 11.4. The van der Waals surface area contributed by atoms with Crippen molar-refractivity contribution in [3.8, 4) is 28.7 Å². The van der Waals surface area contributed by atoms with Gasteiger partial charge in [-0.2, -0.15) is 0 Å². The number of carbonyl (C=O) groups is 1. The first-order chi connectivity index (χ1) is 19.9. The summed E-state index contributed by atoms with van der Waals surface area (Å²) in [6, 6.07) is 6.23. The Morgan fingerprint density at radius 1 is 1.00 bits per heavy atom. The molecule has 4 aliphatic heterocycles. The van der Waals surface area contributed by atoms with Crippen molar-refractivity contribution in [2.75, 3.05) is 27.4 Å². The van der Waals surface area contributed by atoms with Gasteiger partial charge in [-0.15, -0.1) is 0 Å². The molecule has 0 bridgehead atoms. The zero-order valence-corrected chi connectivity index (χ0v) is 23.5. The van der Waals surface area contributed by atoms with Gasteiger partial charge in [0.1, 0.15) is 60.0 Å². The smallest absolute Gasteiger partial charge is 0.206 e. The lowest BCUT2D eigenvalue weighted by molar-refractivity contribution is -0.329. The lowest BCUT2D eigenvalue weighted by Gasteiger charge is -2.43. The van der Waals surface area contributed by atoms with Crippen molar-refractivity contribution in [2.24, 2.45) is 0 Å². The summed E-state index contributed by atoms with van der Waals surface area (Å²) >= 11 is 0. The molecule has 0 radical (unpaired) electrons. The molecule has 0 aliphatic carbocycles. The van der Waals surface area contributed by atoms with Crippen LogP contribution in [-0.4, -0.2) is 107 Å². The van der Waals surface area contributed by atoms with Crippen LogP contribution in [0.3, 0.4) is 0 Å². The molecular weight excluding hydrogens is 556 g/mol. The van der Waals surface area contributed by atoms with Crippen LogP contribution in [0.2, 0.25) is 0 Å². The SMILES string of the molecule is COc1cc2c(cc1OC)[C@]1(O)C(=O)c3ccc4c(c3O[C@@H]1CO2)C[C@H](C(C)(C)O[C@@H]1O[C@H](CO)[C@@H](O)[C@H](O)[C@H]1O)O4. The molecule has 13 heteroatoms. The number of methoxy groups -OCH3 is 2. The molecule has 0 unspecified atom stereocenters. The van der Waals surface area contributed by atoms with Crippen molar-refractivity contribution >= 4 is 5.78 Å². The van der Waals surface area contributed by atoms with Crippen LogP contribution in [0.15, 0.2) is 24.3 Å². The fourth-order valence-corrected chi connectivity index (χ4v) is 6.01. The number of hydrogen-bond acceptors (Lipinski definition) is 13. The minimum Gasteiger partial charge on any atom is -0.493 e. The second kappa shape index (κ2) is 10.2. The summed E-state index contributed by atoms with van der Waals surface area (Å²) in [4.78, 5) is 14.0. The first kappa shape index (κ1) is 28.9. The highest BCUT2D eigenvalue weighted by atomic mass is 16.7. The quantitative estimate of drug-likeness (QED) is 0.299. The molecule has 5 N–H and O–H groups in total. The molecule has 8 atom stereocenters. The molecule has 13 nitrogen and oxygen atoms in total. The van der Waals surface area contributed by atoms with E-state index in [0.29, 0.717) is 22.8 Å². The summed E-state index contributed by atoms with van der Waals surface area (Å²) in [7, 11) is 2.92. The highest BCUT2D eigenvalue weighted by Gasteiger charge is 2.57. The van der Waals surface area contributed by atoms with Crippen molar-refractivity contribution in [3.63, 3.8) is 0 Å². The maximum atomic E-state index is 14.0. The van der Waals surface area contributed by atoms with E-state index in [1.54, 1.807) is 26.0 Å². The van der Waals surface area contributed by atoms with Gasteiger partial charge >= 0.3 is 0 Å². The van der Waals surface area contributed by atoms with Gasteiger partial charge in [0.05, 0.1) is 26.4 Å². The fourth-order valence-electron chi connectivity index (χ4n) is 6.01. The van der Waals surface area contributed by atoms with Gasteiger partial charge in [0.25, 0.3) is 0 Å². The van der Waals surface area contributed by atoms with Crippen LogP contribution in [0.4, 0.5) is 0 Å². The molecule has 0 aromatic heterocycles. The first-order valence-corrected chi connectivity index (χ1v) is 13.6. The summed E-state index contributed by atoms with van der Waals surface area (Å²) in [5.74, 6) is 1.14. The Bertz CT molecular complexity index is 1390. The highest BCUT2D eigenvalue weighted by molar-refractivity contribution is 6.07. The van der Waals surface area contributed by atoms with E-state index >= 15 is 0 Å². The van der Waals surface area contributed by atoms with E-state index in [4.69, 9.17) is 33.2 Å². The normalized spacial score (nSPS) is 33.3. The molecule has 42 heavy (non-hydrogen) atoms. The highest BCUT2D eigenvalue weighted by Crippen LogP contribution is 2.52. The second-order valence-electron chi connectivity index (χ2n) is 11.4. The van der Waals surface area contributed by atoms with E-state index in [1.165, 1.54) is 26.4 Å². The number of ether oxygens (including phenoxy) is 7. The van der Waals surface area contributed by atoms with Crippen LogP contribution in [0.1, 0.15) is 35.3 Å². The predicted octanol–water partition coefficient (Wildman–Crippen LogP) is -0.174. The van der Waals surface area contributed by atoms with E-state index in [2.05, 4.69) is 0 Å². The van der Waals surface area contributed by atoms with Crippen LogP contribution >= 0.6 is 0 Å². The van der Waals surface area contributed by atoms with E-state index in [1.807, 2.05) is 0 Å². The minimum atomic E-state index is -2.04. The monoisotopic (exact) mass is 590 g/mol. The van der Waals surface area contributed by atoms with Gasteiger partial charge in [0, 0.05) is 23.6 Å². The molecule has 1 saturated heterocycles. The number of rotatable bonds is 6. The first-order valence-electron chi connectivity index (χ1n) is 13.6. The van der Waals surface area contributed by atoms with Gasteiger partial charge in [-0.3, -0.25) is 4.79 Å². The lowest BCUT2D eigenvalue weighted by atomic mass is 9.77. The standard InChI is InChI=1S/C29H34O13/c1-28(2,42-27-24(33)23(32)22(31)19(10-30)40-27)20-7-13-15(39-20)6-5-12-25(13)41-21-11-38-16-9-18(37-4)17(36-3)8-14(16)29(21,35)26(12)34/h5-6,8-9,19-24,27,30-33,35H,7,10-11H2,1-4H3/t19-,20-,21-,22-,23+,24-,27+,29-/m1/s1. The number of aliphatic hydroxyl groups is 5. The van der Waals surface area contributed by atoms with E-state index in [0.717, 1.165) is 0 Å². The largest absolute Gasteiger partial charge is 0.493 e. The molecular formula is C29H34O13. The summed E-state index contributed by atoms with van der Waals surface area (Å²) in [6.45, 7) is 2.71. The lowest BCUT2D eigenvalue weighted by Crippen LogP contribution is -2.61. The summed E-state index contributed by atoms with van der Waals surface area (Å²) < 4.78 is 40.6. The van der Waals surface area contributed by atoms with Gasteiger partial charge < -0.3 is 58.7 Å². The Balaban J connectivity index is 1.28. The Kier molecular flexibility index (Phi) is 7.04. The summed E-state index contributed by atoms with van der Waals surface area (Å²) in [5.41, 5.74) is -2.19. The van der Waals surface area contributed by atoms with Crippen LogP contribution in [0.25, 0.3) is 0 Å². The van der Waals surface area contributed by atoms with Crippen molar-refractivity contribution in [1.82, 2.24) is 0 Å². The number of ketones is 1. The molecule has 2 aromatic carbocycles. The maximum absolute atomic E-state index is 14.0. The zero-order valence-electron chi connectivity index (χ0n) is 23.5. The van der Waals surface area contributed by atoms with E-state index in [-0.39, 0.29) is 35.7 Å². The van der Waals surface area contributed by atoms with Crippen molar-refractivity contribution in [3.05, 3.63) is 41.0 Å². The average molecular weight is 591 g/mol. The van der Waals surface area contributed by atoms with Crippen molar-refractivity contribution < 1.29 is 63.5 Å². The van der Waals surface area contributed by atoms with Gasteiger partial charge in [-0.25, -0.2) is 0 Å². The van der Waals surface area contributed by atoms with Crippen molar-refractivity contribution in [1.29, 1.82) is 0 Å². The maximum Gasteiger partial charge on any atom is 0.206 e. The molecule has 0 spiro atoms. The third-order valence-corrected chi connectivity index (χ3v) is 8.52. The number of carbonyl (C=O) groups excluding carboxylic acids is 1. The Hall–Kier alpha value is -3.17. The minimum absolute atomic E-state index is 0.107. The summed E-state index contributed by atoms with van der Waals surface area (Å²) in [5, 5.41) is 52.1.